The number of hydrogen-bond donors (Lipinski definition) is 0. The summed E-state index contributed by atoms with van der Waals surface area (Å²) in [5, 5.41) is 0. The summed E-state index contributed by atoms with van der Waals surface area (Å²) in [5.74, 6) is 0. The Labute approximate surface area is 157 Å². The molecule has 0 aromatic carbocycles. The largest absolute Gasteiger partial charge is 0.328 e. The second-order valence-electron chi connectivity index (χ2n) is 7.80. The first-order valence-electron chi connectivity index (χ1n) is 10.3. The van der Waals surface area contributed by atoms with Gasteiger partial charge >= 0.3 is 0 Å². The van der Waals surface area contributed by atoms with Gasteiger partial charge in [0.05, 0.1) is 38.6 Å². The molecule has 0 unspecified atom stereocenters. The van der Waals surface area contributed by atoms with Crippen molar-refractivity contribution in [2.45, 2.75) is 77.6 Å². The molecule has 25 heavy (non-hydrogen) atoms. The maximum atomic E-state index is 5.30. The lowest BCUT2D eigenvalue weighted by Crippen LogP contribution is -2.48. The average molecular weight is 363 g/mol. The Bertz CT molecular complexity index is 286. The zero-order valence-corrected chi connectivity index (χ0v) is 18.0. The van der Waals surface area contributed by atoms with Crippen molar-refractivity contribution in [3.8, 4) is 0 Å². The lowest BCUT2D eigenvalue weighted by molar-refractivity contribution is -1.36. The monoisotopic (exact) mass is 362 g/mol. The number of nitrogens with zero attached hydrogens (tertiary/aromatic N) is 2. The molecular weight excluding hydrogens is 316 g/mol. The van der Waals surface area contributed by atoms with E-state index in [1.807, 2.05) is 0 Å². The topological polar surface area (TPSA) is 27.7 Å². The lowest BCUT2D eigenvalue weighted by atomic mass is 10.1. The summed E-state index contributed by atoms with van der Waals surface area (Å²) in [4.78, 5) is 15.7. The normalized spacial score (nSPS) is 12.7. The summed E-state index contributed by atoms with van der Waals surface area (Å²) >= 11 is 0. The maximum Gasteiger partial charge on any atom is 0.183 e. The van der Waals surface area contributed by atoms with Crippen molar-refractivity contribution in [1.29, 1.82) is 0 Å². The fourth-order valence-corrected chi connectivity index (χ4v) is 3.33. The third kappa shape index (κ3) is 12.7. The van der Waals surface area contributed by atoms with E-state index in [9.17, 15) is 0 Å². The Morgan fingerprint density at radius 3 is 1.36 bits per heavy atom. The van der Waals surface area contributed by atoms with Gasteiger partial charge in [-0.25, -0.2) is 0 Å². The highest BCUT2D eigenvalue weighted by atomic mass is 17.2. The molecule has 0 aliphatic heterocycles. The lowest BCUT2D eigenvalue weighted by Gasteiger charge is -2.31. The number of hydrogen-bond acceptors (Lipinski definition) is 3. The summed E-state index contributed by atoms with van der Waals surface area (Å²) < 4.78 is 1.05. The Kier molecular flexibility index (Phi) is 14.8. The van der Waals surface area contributed by atoms with Crippen molar-refractivity contribution in [3.05, 3.63) is 0 Å². The molecule has 0 atom stereocenters. The molecule has 152 valence electrons. The van der Waals surface area contributed by atoms with Crippen molar-refractivity contribution < 1.29 is 24.0 Å². The van der Waals surface area contributed by atoms with E-state index in [2.05, 4.69) is 21.0 Å². The third-order valence-electron chi connectivity index (χ3n) is 5.15. The predicted molar refractivity (Wildman–Crippen MR) is 104 cm³/mol. The summed E-state index contributed by atoms with van der Waals surface area (Å²) in [5.41, 5.74) is 0. The Morgan fingerprint density at radius 2 is 0.920 bits per heavy atom. The summed E-state index contributed by atoms with van der Waals surface area (Å²) in [6.45, 7) is 5.32. The highest BCUT2D eigenvalue weighted by Gasteiger charge is 2.31. The highest BCUT2D eigenvalue weighted by Crippen LogP contribution is 2.13. The molecule has 0 rings (SSSR count). The standard InChI is InChI=1S/C20H46N2O3/c1-7-8-9-10-11-12-13-14-15-16-18-21(2,3)19-17-20-22(23-4,24-5)25-6/h7-20H2,1-6H3/q+2. The molecule has 0 saturated carbocycles. The van der Waals surface area contributed by atoms with Gasteiger partial charge < -0.3 is 4.48 Å². The van der Waals surface area contributed by atoms with Gasteiger partial charge in [-0.3, -0.25) is 0 Å². The minimum atomic E-state index is -0.196. The predicted octanol–water partition coefficient (Wildman–Crippen LogP) is 4.87. The molecule has 0 fully saturated rings. The van der Waals surface area contributed by atoms with E-state index >= 15 is 0 Å². The molecule has 0 aromatic rings. The first-order chi connectivity index (χ1) is 11.9. The van der Waals surface area contributed by atoms with Gasteiger partial charge in [-0.15, -0.1) is 14.5 Å². The van der Waals surface area contributed by atoms with Crippen LogP contribution >= 0.6 is 0 Å². The molecule has 0 aliphatic rings. The van der Waals surface area contributed by atoms with Crippen molar-refractivity contribution >= 4 is 0 Å². The molecule has 0 spiro atoms. The first-order valence-corrected chi connectivity index (χ1v) is 10.3. The number of unbranched alkanes of at least 4 members (excludes halogenated alkanes) is 9. The summed E-state index contributed by atoms with van der Waals surface area (Å²) in [7, 11) is 9.45. The molecule has 0 N–H and O–H groups in total. The van der Waals surface area contributed by atoms with Crippen molar-refractivity contribution in [3.63, 3.8) is 0 Å². The van der Waals surface area contributed by atoms with E-state index in [-0.39, 0.29) is 4.97 Å². The van der Waals surface area contributed by atoms with Crippen molar-refractivity contribution in [2.75, 3.05) is 55.1 Å². The molecule has 0 saturated heterocycles. The van der Waals surface area contributed by atoms with Gasteiger partial charge in [0.1, 0.15) is 21.3 Å². The quantitative estimate of drug-likeness (QED) is 0.198. The molecule has 5 nitrogen and oxygen atoms in total. The van der Waals surface area contributed by atoms with Crippen LogP contribution in [0.1, 0.15) is 77.6 Å². The Morgan fingerprint density at radius 1 is 0.520 bits per heavy atom. The Hall–Kier alpha value is -0.200. The summed E-state index contributed by atoms with van der Waals surface area (Å²) in [6.07, 6.45) is 15.0. The van der Waals surface area contributed by atoms with Gasteiger partial charge in [-0.05, 0) is 12.8 Å². The van der Waals surface area contributed by atoms with E-state index < -0.39 is 0 Å². The van der Waals surface area contributed by atoms with Gasteiger partial charge in [-0.2, -0.15) is 0 Å². The SMILES string of the molecule is CCCCCCCCCCCC[N+](C)(C)CCC[N+](OC)(OC)OC. The van der Waals surface area contributed by atoms with Crippen LogP contribution in [0.5, 0.6) is 0 Å². The van der Waals surface area contributed by atoms with Crippen LogP contribution < -0.4 is 0 Å². The van der Waals surface area contributed by atoms with E-state index in [0.717, 1.165) is 17.4 Å². The van der Waals surface area contributed by atoms with Gasteiger partial charge in [0.15, 0.2) is 6.54 Å². The minimum absolute atomic E-state index is 0.196. The van der Waals surface area contributed by atoms with Crippen LogP contribution in [0, 0.1) is 0 Å². The van der Waals surface area contributed by atoms with Crippen LogP contribution in [0.4, 0.5) is 0 Å². The molecule has 0 bridgehead atoms. The number of rotatable bonds is 18. The smallest absolute Gasteiger partial charge is 0.183 e. The van der Waals surface area contributed by atoms with E-state index in [4.69, 9.17) is 14.5 Å². The molecule has 5 heteroatoms. The average Bonchev–Trinajstić information content (AvgIpc) is 2.60. The van der Waals surface area contributed by atoms with Crippen molar-refractivity contribution in [1.82, 2.24) is 0 Å². The zero-order valence-electron chi connectivity index (χ0n) is 18.0. The molecule has 0 aliphatic carbocycles. The zero-order chi connectivity index (χ0) is 19.0. The van der Waals surface area contributed by atoms with Crippen LogP contribution in [0.25, 0.3) is 0 Å². The minimum Gasteiger partial charge on any atom is -0.328 e. The second kappa shape index (κ2) is 14.9. The van der Waals surface area contributed by atoms with Gasteiger partial charge in [0.25, 0.3) is 0 Å². The molecule has 0 amide bonds. The van der Waals surface area contributed by atoms with Gasteiger partial charge in [0, 0.05) is 0 Å². The molecule has 0 aromatic heterocycles. The van der Waals surface area contributed by atoms with Crippen LogP contribution in [0.3, 0.4) is 0 Å². The maximum absolute atomic E-state index is 5.30. The molecule has 0 heterocycles. The van der Waals surface area contributed by atoms with E-state index in [1.54, 1.807) is 21.3 Å². The van der Waals surface area contributed by atoms with E-state index in [1.165, 1.54) is 70.8 Å². The molecular formula is C20H46N2O3+2. The second-order valence-corrected chi connectivity index (χ2v) is 7.80. The number of quaternary nitrogens is 2. The fraction of sp³-hybridized carbons (Fsp3) is 1.00. The van der Waals surface area contributed by atoms with Crippen LogP contribution in [0.15, 0.2) is 0 Å². The van der Waals surface area contributed by atoms with Crippen LogP contribution in [-0.4, -0.2) is 64.5 Å². The third-order valence-corrected chi connectivity index (χ3v) is 5.15. The fourth-order valence-electron chi connectivity index (χ4n) is 3.33. The number of hydroxylamine groups is 3. The van der Waals surface area contributed by atoms with E-state index in [0.29, 0.717) is 6.54 Å². The highest BCUT2D eigenvalue weighted by molar-refractivity contribution is 4.48. The van der Waals surface area contributed by atoms with Crippen molar-refractivity contribution in [2.24, 2.45) is 0 Å². The van der Waals surface area contributed by atoms with Crippen LogP contribution in [-0.2, 0) is 14.5 Å². The summed E-state index contributed by atoms with van der Waals surface area (Å²) in [6, 6.07) is 0. The van der Waals surface area contributed by atoms with Gasteiger partial charge in [0.2, 0.25) is 0 Å². The first kappa shape index (κ1) is 24.8. The van der Waals surface area contributed by atoms with Crippen LogP contribution in [0.2, 0.25) is 0 Å². The van der Waals surface area contributed by atoms with Gasteiger partial charge in [-0.1, -0.05) is 58.3 Å². The Balaban J connectivity index is 3.67. The molecule has 0 radical (unpaired) electrons.